The quantitative estimate of drug-likeness (QED) is 0.645. The lowest BCUT2D eigenvalue weighted by Gasteiger charge is -2.21. The van der Waals surface area contributed by atoms with Crippen molar-refractivity contribution in [2.45, 2.75) is 25.3 Å². The summed E-state index contributed by atoms with van der Waals surface area (Å²) in [6.07, 6.45) is 2.65. The van der Waals surface area contributed by atoms with Crippen LogP contribution < -0.4 is 0 Å². The van der Waals surface area contributed by atoms with Gasteiger partial charge in [-0.25, -0.2) is 22.5 Å². The highest BCUT2D eigenvalue weighted by atomic mass is 35.5. The second-order valence-electron chi connectivity index (χ2n) is 6.87. The molecule has 6 nitrogen and oxygen atoms in total. The van der Waals surface area contributed by atoms with Crippen molar-refractivity contribution in [1.29, 1.82) is 0 Å². The van der Waals surface area contributed by atoms with Gasteiger partial charge in [0.25, 0.3) is 0 Å². The van der Waals surface area contributed by atoms with Crippen LogP contribution >= 0.6 is 11.6 Å². The van der Waals surface area contributed by atoms with Crippen molar-refractivity contribution in [1.82, 2.24) is 19.7 Å². The molecule has 1 aliphatic heterocycles. The van der Waals surface area contributed by atoms with Gasteiger partial charge in [-0.2, -0.15) is 0 Å². The summed E-state index contributed by atoms with van der Waals surface area (Å²) in [5.74, 6) is 0.975. The summed E-state index contributed by atoms with van der Waals surface area (Å²) in [5, 5.41) is 4.89. The highest BCUT2D eigenvalue weighted by Gasteiger charge is 2.29. The first kappa shape index (κ1) is 19.0. The maximum Gasteiger partial charge on any atom is 0.200 e. The van der Waals surface area contributed by atoms with Crippen molar-refractivity contribution in [3.8, 4) is 11.5 Å². The van der Waals surface area contributed by atoms with Gasteiger partial charge in [0.15, 0.2) is 5.82 Å². The molecule has 0 unspecified atom stereocenters. The third kappa shape index (κ3) is 4.23. The van der Waals surface area contributed by atoms with Gasteiger partial charge < -0.3 is 0 Å². The molecule has 3 heterocycles. The fraction of sp³-hybridized carbons (Fsp3) is 0.316. The van der Waals surface area contributed by atoms with Crippen molar-refractivity contribution in [2.24, 2.45) is 0 Å². The van der Waals surface area contributed by atoms with Gasteiger partial charge in [-0.15, -0.1) is 5.10 Å². The van der Waals surface area contributed by atoms with Gasteiger partial charge in [0, 0.05) is 17.1 Å². The average molecular weight is 421 g/mol. The Morgan fingerprint density at radius 3 is 2.64 bits per heavy atom. The van der Waals surface area contributed by atoms with Crippen molar-refractivity contribution in [3.05, 3.63) is 64.8 Å². The highest BCUT2D eigenvalue weighted by Crippen LogP contribution is 2.30. The molecule has 4 rings (SSSR count). The normalized spacial score (nSPS) is 16.9. The molecule has 2 aromatic heterocycles. The van der Waals surface area contributed by atoms with Crippen molar-refractivity contribution < 1.29 is 12.8 Å². The zero-order valence-electron chi connectivity index (χ0n) is 14.9. The first-order chi connectivity index (χ1) is 13.4. The molecule has 0 atom stereocenters. The third-order valence-electron chi connectivity index (χ3n) is 4.77. The summed E-state index contributed by atoms with van der Waals surface area (Å²) in [7, 11) is -2.99. The van der Waals surface area contributed by atoms with E-state index >= 15 is 0 Å². The average Bonchev–Trinajstić information content (AvgIpc) is 3.05. The minimum absolute atomic E-state index is 0.0301. The van der Waals surface area contributed by atoms with E-state index in [0.29, 0.717) is 40.8 Å². The Balaban J connectivity index is 1.71. The summed E-state index contributed by atoms with van der Waals surface area (Å²) in [6, 6.07) is 9.81. The van der Waals surface area contributed by atoms with Crippen LogP contribution in [0.5, 0.6) is 0 Å². The SMILES string of the molecule is O=S1(=O)CCC(c2nc(-c3ccccn3)nn2Cc2cc(F)cc(Cl)c2)CC1. The molecule has 0 aliphatic carbocycles. The second-order valence-corrected chi connectivity index (χ2v) is 9.61. The Morgan fingerprint density at radius 1 is 1.18 bits per heavy atom. The van der Waals surface area contributed by atoms with E-state index in [0.717, 1.165) is 0 Å². The van der Waals surface area contributed by atoms with Gasteiger partial charge in [-0.05, 0) is 48.7 Å². The molecular formula is C19H18ClFN4O2S. The fourth-order valence-electron chi connectivity index (χ4n) is 3.40. The smallest absolute Gasteiger partial charge is 0.200 e. The Labute approximate surface area is 167 Å². The standard InChI is InChI=1S/C19H18ClFN4O2S/c20-15-9-13(10-16(21)11-15)12-25-19(14-4-7-28(26,27)8-5-14)23-18(24-25)17-3-1-2-6-22-17/h1-3,6,9-11,14H,4-5,7-8,12H2. The molecule has 1 aromatic carbocycles. The van der Waals surface area contributed by atoms with Gasteiger partial charge in [0.1, 0.15) is 27.2 Å². The first-order valence-electron chi connectivity index (χ1n) is 8.91. The summed E-state index contributed by atoms with van der Waals surface area (Å²) in [5.41, 5.74) is 1.29. The Kier molecular flexibility index (Phi) is 5.16. The zero-order valence-corrected chi connectivity index (χ0v) is 16.5. The minimum Gasteiger partial charge on any atom is -0.253 e. The van der Waals surface area contributed by atoms with Crippen molar-refractivity contribution >= 4 is 21.4 Å². The van der Waals surface area contributed by atoms with E-state index < -0.39 is 15.7 Å². The van der Waals surface area contributed by atoms with E-state index in [1.54, 1.807) is 16.9 Å². The summed E-state index contributed by atoms with van der Waals surface area (Å²) < 4.78 is 39.0. The Morgan fingerprint density at radius 2 is 1.96 bits per heavy atom. The van der Waals surface area contributed by atoms with Gasteiger partial charge in [-0.3, -0.25) is 4.98 Å². The molecule has 1 saturated heterocycles. The van der Waals surface area contributed by atoms with Crippen LogP contribution in [0.15, 0.2) is 42.6 Å². The maximum absolute atomic E-state index is 13.7. The van der Waals surface area contributed by atoms with E-state index in [2.05, 4.69) is 15.1 Å². The number of hydrogen-bond acceptors (Lipinski definition) is 5. The predicted octanol–water partition coefficient (Wildman–Crippen LogP) is 3.47. The summed E-state index contributed by atoms with van der Waals surface area (Å²) in [4.78, 5) is 8.95. The molecule has 0 radical (unpaired) electrons. The van der Waals surface area contributed by atoms with E-state index in [1.807, 2.05) is 18.2 Å². The lowest BCUT2D eigenvalue weighted by molar-refractivity contribution is 0.507. The number of nitrogens with zero attached hydrogens (tertiary/aromatic N) is 4. The number of halogens is 2. The molecule has 9 heteroatoms. The number of sulfone groups is 1. The van der Waals surface area contributed by atoms with E-state index in [9.17, 15) is 12.8 Å². The van der Waals surface area contributed by atoms with Crippen LogP contribution in [0.3, 0.4) is 0 Å². The molecule has 0 spiro atoms. The van der Waals surface area contributed by atoms with Gasteiger partial charge >= 0.3 is 0 Å². The monoisotopic (exact) mass is 420 g/mol. The molecule has 1 fully saturated rings. The minimum atomic E-state index is -2.99. The van der Waals surface area contributed by atoms with Crippen molar-refractivity contribution in [2.75, 3.05) is 11.5 Å². The Bertz CT molecular complexity index is 1070. The molecule has 3 aromatic rings. The largest absolute Gasteiger partial charge is 0.253 e. The lowest BCUT2D eigenvalue weighted by atomic mass is 10.0. The fourth-order valence-corrected chi connectivity index (χ4v) is 5.14. The van der Waals surface area contributed by atoms with Gasteiger partial charge in [-0.1, -0.05) is 17.7 Å². The van der Waals surface area contributed by atoms with Crippen LogP contribution in [0.2, 0.25) is 5.02 Å². The number of hydrogen-bond donors (Lipinski definition) is 0. The topological polar surface area (TPSA) is 77.7 Å². The van der Waals surface area contributed by atoms with Crippen LogP contribution in [0, 0.1) is 5.82 Å². The number of rotatable bonds is 4. The summed E-state index contributed by atoms with van der Waals surface area (Å²) in [6.45, 7) is 0.288. The second kappa shape index (κ2) is 7.60. The first-order valence-corrected chi connectivity index (χ1v) is 11.1. The van der Waals surface area contributed by atoms with Crippen molar-refractivity contribution in [3.63, 3.8) is 0 Å². The third-order valence-corrected chi connectivity index (χ3v) is 6.70. The predicted molar refractivity (Wildman–Crippen MR) is 104 cm³/mol. The van der Waals surface area contributed by atoms with E-state index in [4.69, 9.17) is 11.6 Å². The Hall–Kier alpha value is -2.32. The number of aromatic nitrogens is 4. The summed E-state index contributed by atoms with van der Waals surface area (Å²) >= 11 is 5.98. The molecule has 0 bridgehead atoms. The lowest BCUT2D eigenvalue weighted by Crippen LogP contribution is -2.24. The van der Waals surface area contributed by atoms with Crippen LogP contribution in [0.25, 0.3) is 11.5 Å². The molecule has 0 saturated carbocycles. The molecule has 0 N–H and O–H groups in total. The van der Waals surface area contributed by atoms with Crippen LogP contribution in [0.1, 0.15) is 30.1 Å². The molecule has 0 amide bonds. The molecular weight excluding hydrogens is 403 g/mol. The van der Waals surface area contributed by atoms with E-state index in [-0.39, 0.29) is 24.0 Å². The van der Waals surface area contributed by atoms with Gasteiger partial charge in [0.05, 0.1) is 18.1 Å². The molecule has 1 aliphatic rings. The zero-order chi connectivity index (χ0) is 19.7. The highest BCUT2D eigenvalue weighted by molar-refractivity contribution is 7.91. The number of pyridine rings is 1. The van der Waals surface area contributed by atoms with Gasteiger partial charge in [0.2, 0.25) is 0 Å². The molecule has 28 heavy (non-hydrogen) atoms. The maximum atomic E-state index is 13.7. The van der Waals surface area contributed by atoms with Crippen LogP contribution in [-0.2, 0) is 16.4 Å². The van der Waals surface area contributed by atoms with Crippen LogP contribution in [-0.4, -0.2) is 39.7 Å². The number of benzene rings is 1. The van der Waals surface area contributed by atoms with Crippen LogP contribution in [0.4, 0.5) is 4.39 Å². The van der Waals surface area contributed by atoms with E-state index in [1.165, 1.54) is 12.1 Å². The molecule has 146 valence electrons.